The lowest BCUT2D eigenvalue weighted by molar-refractivity contribution is -0.137. The maximum atomic E-state index is 14.4. The zero-order chi connectivity index (χ0) is 22.9. The van der Waals surface area contributed by atoms with E-state index in [-0.39, 0.29) is 23.1 Å². The van der Waals surface area contributed by atoms with E-state index >= 15 is 0 Å². The second-order valence-corrected chi connectivity index (χ2v) is 6.75. The number of fused-ring (bicyclic) bond motifs is 1. The molecule has 0 aliphatic heterocycles. The molecule has 0 radical (unpaired) electrons. The number of ether oxygens (including phenoxy) is 1. The first-order valence-corrected chi connectivity index (χ1v) is 9.20. The van der Waals surface area contributed by atoms with Crippen molar-refractivity contribution in [1.82, 2.24) is 14.5 Å². The van der Waals surface area contributed by atoms with Gasteiger partial charge in [-0.15, -0.1) is 0 Å². The number of alkyl halides is 3. The molecule has 164 valence electrons. The molecule has 0 saturated carbocycles. The number of anilines is 2. The monoisotopic (exact) mass is 445 g/mol. The van der Waals surface area contributed by atoms with Crippen molar-refractivity contribution in [2.24, 2.45) is 7.05 Å². The number of carbonyl (C=O) groups excluding carboxylic acids is 1. The van der Waals surface area contributed by atoms with E-state index < -0.39 is 23.6 Å². The van der Waals surface area contributed by atoms with Crippen LogP contribution in [0.2, 0.25) is 0 Å². The number of benzene rings is 2. The Labute approximate surface area is 178 Å². The highest BCUT2D eigenvalue weighted by atomic mass is 19.4. The average molecular weight is 445 g/mol. The molecule has 0 fully saturated rings. The number of nitrogens with zero attached hydrogens (tertiary/aromatic N) is 3. The predicted octanol–water partition coefficient (Wildman–Crippen LogP) is 5.56. The van der Waals surface area contributed by atoms with E-state index in [2.05, 4.69) is 20.6 Å². The van der Waals surface area contributed by atoms with Crippen LogP contribution in [-0.2, 0) is 13.2 Å². The van der Waals surface area contributed by atoms with Crippen LogP contribution < -0.4 is 15.4 Å². The smallest absolute Gasteiger partial charge is 0.416 e. The highest BCUT2D eigenvalue weighted by Gasteiger charge is 2.30. The lowest BCUT2D eigenvalue weighted by atomic mass is 10.2. The number of nitrogens with one attached hydrogen (secondary N) is 2. The molecule has 2 aromatic heterocycles. The van der Waals surface area contributed by atoms with E-state index in [0.29, 0.717) is 5.52 Å². The van der Waals surface area contributed by atoms with E-state index in [1.165, 1.54) is 18.2 Å². The van der Waals surface area contributed by atoms with Gasteiger partial charge in [-0.2, -0.15) is 18.2 Å². The summed E-state index contributed by atoms with van der Waals surface area (Å²) in [5, 5.41) is 4.47. The highest BCUT2D eigenvalue weighted by Crippen LogP contribution is 2.31. The molecule has 7 nitrogen and oxygen atoms in total. The standard InChI is InChI=1S/C21H15F4N5O2/c1-30-8-7-17-18(30)11-26-20(29-17)32-14-5-6-16(15(22)10-14)28-19(31)27-13-4-2-3-12(9-13)21(23,24)25/h2-11H,1H3,(H2,27,28,31). The Morgan fingerprint density at radius 1 is 1.09 bits per heavy atom. The first kappa shape index (κ1) is 21.1. The summed E-state index contributed by atoms with van der Waals surface area (Å²) in [6.45, 7) is 0. The number of rotatable bonds is 4. The quantitative estimate of drug-likeness (QED) is 0.403. The van der Waals surface area contributed by atoms with Crippen molar-refractivity contribution in [3.63, 3.8) is 0 Å². The number of aryl methyl sites for hydroxylation is 1. The van der Waals surface area contributed by atoms with Crippen LogP contribution in [0.5, 0.6) is 11.8 Å². The van der Waals surface area contributed by atoms with E-state index in [9.17, 15) is 22.4 Å². The summed E-state index contributed by atoms with van der Waals surface area (Å²) < 4.78 is 60.1. The van der Waals surface area contributed by atoms with Crippen LogP contribution in [0.15, 0.2) is 60.9 Å². The number of halogens is 4. The van der Waals surface area contributed by atoms with Crippen molar-refractivity contribution in [3.8, 4) is 11.8 Å². The molecule has 2 aromatic carbocycles. The van der Waals surface area contributed by atoms with Gasteiger partial charge in [-0.3, -0.25) is 0 Å². The van der Waals surface area contributed by atoms with E-state index in [1.807, 2.05) is 17.8 Å². The third kappa shape index (κ3) is 4.61. The molecule has 4 aromatic rings. The summed E-state index contributed by atoms with van der Waals surface area (Å²) in [5.41, 5.74) is 0.253. The number of amides is 2. The molecule has 0 saturated heterocycles. The summed E-state index contributed by atoms with van der Waals surface area (Å²) in [6.07, 6.45) is -1.17. The maximum Gasteiger partial charge on any atom is 0.416 e. The fourth-order valence-electron chi connectivity index (χ4n) is 2.90. The third-order valence-electron chi connectivity index (χ3n) is 4.46. The van der Waals surface area contributed by atoms with Crippen molar-refractivity contribution >= 4 is 28.4 Å². The topological polar surface area (TPSA) is 81.1 Å². The Kier molecular flexibility index (Phi) is 5.39. The third-order valence-corrected chi connectivity index (χ3v) is 4.46. The Balaban J connectivity index is 1.43. The molecule has 2 amide bonds. The zero-order valence-corrected chi connectivity index (χ0v) is 16.4. The van der Waals surface area contributed by atoms with Crippen molar-refractivity contribution in [2.75, 3.05) is 10.6 Å². The van der Waals surface area contributed by atoms with Gasteiger partial charge in [0.1, 0.15) is 11.6 Å². The molecule has 0 atom stereocenters. The van der Waals surface area contributed by atoms with Crippen LogP contribution in [0.4, 0.5) is 33.7 Å². The minimum Gasteiger partial charge on any atom is -0.424 e. The summed E-state index contributed by atoms with van der Waals surface area (Å²) in [5.74, 6) is -0.718. The molecule has 4 rings (SSSR count). The number of hydrogen-bond donors (Lipinski definition) is 2. The fraction of sp³-hybridized carbons (Fsp3) is 0.0952. The maximum absolute atomic E-state index is 14.4. The normalized spacial score (nSPS) is 11.4. The molecule has 0 bridgehead atoms. The van der Waals surface area contributed by atoms with Gasteiger partial charge in [0.05, 0.1) is 28.5 Å². The molecule has 32 heavy (non-hydrogen) atoms. The summed E-state index contributed by atoms with van der Waals surface area (Å²) in [6, 6.07) is 8.64. The second-order valence-electron chi connectivity index (χ2n) is 6.75. The number of carbonyl (C=O) groups is 1. The second kappa shape index (κ2) is 8.17. The zero-order valence-electron chi connectivity index (χ0n) is 16.4. The summed E-state index contributed by atoms with van der Waals surface area (Å²) >= 11 is 0. The van der Waals surface area contributed by atoms with Crippen LogP contribution in [0.25, 0.3) is 11.0 Å². The van der Waals surface area contributed by atoms with Gasteiger partial charge in [-0.05, 0) is 36.4 Å². The van der Waals surface area contributed by atoms with Gasteiger partial charge in [0.25, 0.3) is 0 Å². The van der Waals surface area contributed by atoms with E-state index in [0.717, 1.165) is 29.8 Å². The van der Waals surface area contributed by atoms with E-state index in [4.69, 9.17) is 4.74 Å². The van der Waals surface area contributed by atoms with Crippen LogP contribution in [0.1, 0.15) is 5.56 Å². The lowest BCUT2D eigenvalue weighted by Crippen LogP contribution is -2.20. The van der Waals surface area contributed by atoms with Crippen LogP contribution >= 0.6 is 0 Å². The summed E-state index contributed by atoms with van der Waals surface area (Å²) in [4.78, 5) is 20.4. The van der Waals surface area contributed by atoms with Crippen LogP contribution in [-0.4, -0.2) is 20.6 Å². The molecule has 0 aliphatic carbocycles. The predicted molar refractivity (Wildman–Crippen MR) is 109 cm³/mol. The Hall–Kier alpha value is -4.15. The fourth-order valence-corrected chi connectivity index (χ4v) is 2.90. The van der Waals surface area contributed by atoms with Crippen molar-refractivity contribution < 1.29 is 27.1 Å². The van der Waals surface area contributed by atoms with Gasteiger partial charge in [0.15, 0.2) is 0 Å². The van der Waals surface area contributed by atoms with E-state index in [1.54, 1.807) is 12.3 Å². The minimum atomic E-state index is -4.55. The van der Waals surface area contributed by atoms with Gasteiger partial charge in [-0.25, -0.2) is 14.2 Å². The highest BCUT2D eigenvalue weighted by molar-refractivity contribution is 5.99. The Bertz CT molecular complexity index is 1300. The number of urea groups is 1. The van der Waals surface area contributed by atoms with Gasteiger partial charge >= 0.3 is 18.2 Å². The van der Waals surface area contributed by atoms with Crippen molar-refractivity contribution in [3.05, 3.63) is 72.3 Å². The van der Waals surface area contributed by atoms with Crippen molar-refractivity contribution in [2.45, 2.75) is 6.18 Å². The Morgan fingerprint density at radius 2 is 1.91 bits per heavy atom. The first-order chi connectivity index (χ1) is 15.2. The van der Waals surface area contributed by atoms with Gasteiger partial charge in [0.2, 0.25) is 0 Å². The average Bonchev–Trinajstić information content (AvgIpc) is 3.10. The SMILES string of the molecule is Cn1ccc2nc(Oc3ccc(NC(=O)Nc4cccc(C(F)(F)F)c4)c(F)c3)ncc21. The molecule has 0 spiro atoms. The first-order valence-electron chi connectivity index (χ1n) is 9.20. The van der Waals surface area contributed by atoms with Gasteiger partial charge in [0, 0.05) is 25.0 Å². The molecule has 0 unspecified atom stereocenters. The molecule has 11 heteroatoms. The number of aromatic nitrogens is 3. The molecule has 2 heterocycles. The molecular weight excluding hydrogens is 430 g/mol. The number of hydrogen-bond acceptors (Lipinski definition) is 4. The van der Waals surface area contributed by atoms with Crippen molar-refractivity contribution in [1.29, 1.82) is 0 Å². The summed E-state index contributed by atoms with van der Waals surface area (Å²) in [7, 11) is 1.84. The largest absolute Gasteiger partial charge is 0.424 e. The van der Waals surface area contributed by atoms with Crippen LogP contribution in [0.3, 0.4) is 0 Å². The van der Waals surface area contributed by atoms with Gasteiger partial charge < -0.3 is 19.9 Å². The molecular formula is C21H15F4N5O2. The molecule has 0 aliphatic rings. The van der Waals surface area contributed by atoms with Crippen LogP contribution in [0, 0.1) is 5.82 Å². The molecule has 2 N–H and O–H groups in total. The minimum absolute atomic E-state index is 0.0195. The van der Waals surface area contributed by atoms with Gasteiger partial charge in [-0.1, -0.05) is 6.07 Å². The Morgan fingerprint density at radius 3 is 2.66 bits per heavy atom. The lowest BCUT2D eigenvalue weighted by Gasteiger charge is -2.12.